The fraction of sp³-hybridized carbons (Fsp3) is 0.118. The van der Waals surface area contributed by atoms with Gasteiger partial charge in [0.15, 0.2) is 17.3 Å². The maximum absolute atomic E-state index is 13.1. The summed E-state index contributed by atoms with van der Waals surface area (Å²) in [5, 5.41) is 9.60. The van der Waals surface area contributed by atoms with Gasteiger partial charge in [-0.3, -0.25) is 4.79 Å². The molecule has 4 nitrogen and oxygen atoms in total. The summed E-state index contributed by atoms with van der Waals surface area (Å²) in [7, 11) is 0. The Kier molecular flexibility index (Phi) is 3.78. The fourth-order valence-electron chi connectivity index (χ4n) is 2.13. The lowest BCUT2D eigenvalue weighted by atomic mass is 10.1. The van der Waals surface area contributed by atoms with Crippen LogP contribution in [0.2, 0.25) is 0 Å². The molecule has 22 heavy (non-hydrogen) atoms. The first-order chi connectivity index (χ1) is 10.6. The molecular weight excluding hydrogens is 287 g/mol. The second-order valence-corrected chi connectivity index (χ2v) is 4.76. The number of hydrogen-bond acceptors (Lipinski definition) is 4. The first-order valence-corrected chi connectivity index (χ1v) is 6.74. The van der Waals surface area contributed by atoms with Gasteiger partial charge < -0.3 is 14.6 Å². The molecule has 112 valence electrons. The van der Waals surface area contributed by atoms with Gasteiger partial charge >= 0.3 is 0 Å². The van der Waals surface area contributed by atoms with Crippen LogP contribution in [0.5, 0.6) is 17.2 Å². The summed E-state index contributed by atoms with van der Waals surface area (Å²) >= 11 is 0. The predicted octanol–water partition coefficient (Wildman–Crippen LogP) is 3.20. The van der Waals surface area contributed by atoms with Gasteiger partial charge in [-0.05, 0) is 42.0 Å². The van der Waals surface area contributed by atoms with Crippen LogP contribution in [0.25, 0.3) is 6.08 Å². The van der Waals surface area contributed by atoms with Crippen molar-refractivity contribution in [2.75, 3.05) is 13.2 Å². The number of ether oxygens (including phenoxy) is 2. The monoisotopic (exact) mass is 300 g/mol. The van der Waals surface area contributed by atoms with Crippen molar-refractivity contribution in [3.8, 4) is 17.2 Å². The highest BCUT2D eigenvalue weighted by atomic mass is 19.1. The standard InChI is InChI=1S/C17H13FO4/c18-12-3-5-15(20)13(10-12)14(19)4-1-11-2-6-16-17(9-11)22-8-7-21-16/h1-6,9-10,20H,7-8H2. The highest BCUT2D eigenvalue weighted by molar-refractivity contribution is 6.08. The number of hydrogen-bond donors (Lipinski definition) is 1. The lowest BCUT2D eigenvalue weighted by molar-refractivity contribution is 0.104. The highest BCUT2D eigenvalue weighted by Gasteiger charge is 2.12. The second-order valence-electron chi connectivity index (χ2n) is 4.76. The van der Waals surface area contributed by atoms with Gasteiger partial charge in [0.1, 0.15) is 24.8 Å². The highest BCUT2D eigenvalue weighted by Crippen LogP contribution is 2.31. The first kappa shape index (κ1) is 14.1. The molecule has 0 spiro atoms. The van der Waals surface area contributed by atoms with Gasteiger partial charge in [-0.15, -0.1) is 0 Å². The lowest BCUT2D eigenvalue weighted by Gasteiger charge is -2.18. The normalized spacial score (nSPS) is 13.3. The van der Waals surface area contributed by atoms with E-state index in [1.165, 1.54) is 6.08 Å². The fourth-order valence-corrected chi connectivity index (χ4v) is 2.13. The number of carbonyl (C=O) groups excluding carboxylic acids is 1. The van der Waals surface area contributed by atoms with Crippen LogP contribution in [0.3, 0.4) is 0 Å². The average Bonchev–Trinajstić information content (AvgIpc) is 2.54. The summed E-state index contributed by atoms with van der Waals surface area (Å²) < 4.78 is 24.0. The van der Waals surface area contributed by atoms with Crippen LogP contribution in [0, 0.1) is 5.82 Å². The molecule has 2 aromatic carbocycles. The van der Waals surface area contributed by atoms with Gasteiger partial charge in [0.25, 0.3) is 0 Å². The summed E-state index contributed by atoms with van der Waals surface area (Å²) in [5.74, 6) is -0.0223. The van der Waals surface area contributed by atoms with Crippen molar-refractivity contribution in [1.29, 1.82) is 0 Å². The van der Waals surface area contributed by atoms with E-state index in [2.05, 4.69) is 0 Å². The number of carbonyl (C=O) groups is 1. The maximum atomic E-state index is 13.1. The van der Waals surface area contributed by atoms with Gasteiger partial charge in [-0.1, -0.05) is 12.1 Å². The molecular formula is C17H13FO4. The van der Waals surface area contributed by atoms with Crippen LogP contribution in [0.1, 0.15) is 15.9 Å². The predicted molar refractivity (Wildman–Crippen MR) is 78.9 cm³/mol. The van der Waals surface area contributed by atoms with Crippen LogP contribution in [-0.4, -0.2) is 24.1 Å². The molecule has 0 unspecified atom stereocenters. The van der Waals surface area contributed by atoms with Crippen molar-refractivity contribution in [3.05, 3.63) is 59.4 Å². The van der Waals surface area contributed by atoms with Crippen molar-refractivity contribution in [1.82, 2.24) is 0 Å². The van der Waals surface area contributed by atoms with Crippen LogP contribution >= 0.6 is 0 Å². The van der Waals surface area contributed by atoms with E-state index in [1.807, 2.05) is 0 Å². The van der Waals surface area contributed by atoms with Crippen LogP contribution in [-0.2, 0) is 0 Å². The van der Waals surface area contributed by atoms with E-state index in [0.29, 0.717) is 24.7 Å². The summed E-state index contributed by atoms with van der Waals surface area (Å²) in [6.45, 7) is 0.996. The van der Waals surface area contributed by atoms with E-state index >= 15 is 0 Å². The van der Waals surface area contributed by atoms with Crippen molar-refractivity contribution in [3.63, 3.8) is 0 Å². The Hall–Kier alpha value is -2.82. The van der Waals surface area contributed by atoms with E-state index in [1.54, 1.807) is 24.3 Å². The van der Waals surface area contributed by atoms with Gasteiger partial charge in [-0.25, -0.2) is 4.39 Å². The Morgan fingerprint density at radius 3 is 2.68 bits per heavy atom. The van der Waals surface area contributed by atoms with E-state index in [9.17, 15) is 14.3 Å². The van der Waals surface area contributed by atoms with Gasteiger partial charge in [0.2, 0.25) is 0 Å². The zero-order valence-corrected chi connectivity index (χ0v) is 11.6. The molecule has 0 aliphatic carbocycles. The van der Waals surface area contributed by atoms with Crippen molar-refractivity contribution < 1.29 is 23.8 Å². The van der Waals surface area contributed by atoms with Crippen molar-refractivity contribution in [2.24, 2.45) is 0 Å². The number of phenolic OH excluding ortho intramolecular Hbond substituents is 1. The smallest absolute Gasteiger partial charge is 0.189 e. The van der Waals surface area contributed by atoms with Crippen LogP contribution < -0.4 is 9.47 Å². The minimum atomic E-state index is -0.575. The summed E-state index contributed by atoms with van der Waals surface area (Å²) in [5.41, 5.74) is 0.669. The molecule has 0 atom stereocenters. The largest absolute Gasteiger partial charge is 0.507 e. The minimum Gasteiger partial charge on any atom is -0.507 e. The third-order valence-electron chi connectivity index (χ3n) is 3.22. The zero-order valence-electron chi connectivity index (χ0n) is 11.6. The summed E-state index contributed by atoms with van der Waals surface area (Å²) in [4.78, 5) is 12.0. The lowest BCUT2D eigenvalue weighted by Crippen LogP contribution is -2.15. The van der Waals surface area contributed by atoms with Crippen LogP contribution in [0.4, 0.5) is 4.39 Å². The number of allylic oxidation sites excluding steroid dienone is 1. The molecule has 1 N–H and O–H groups in total. The van der Waals surface area contributed by atoms with E-state index in [0.717, 1.165) is 23.8 Å². The van der Waals surface area contributed by atoms with Crippen molar-refractivity contribution >= 4 is 11.9 Å². The molecule has 1 heterocycles. The molecule has 0 bridgehead atoms. The molecule has 0 amide bonds. The number of benzene rings is 2. The molecule has 1 aliphatic heterocycles. The van der Waals surface area contributed by atoms with Crippen molar-refractivity contribution in [2.45, 2.75) is 0 Å². The van der Waals surface area contributed by atoms with Gasteiger partial charge in [0.05, 0.1) is 5.56 Å². The molecule has 0 aromatic heterocycles. The number of ketones is 1. The van der Waals surface area contributed by atoms with Crippen LogP contribution in [0.15, 0.2) is 42.5 Å². The molecule has 0 fully saturated rings. The minimum absolute atomic E-state index is 0.0752. The number of fused-ring (bicyclic) bond motifs is 1. The Morgan fingerprint density at radius 2 is 1.86 bits per heavy atom. The Bertz CT molecular complexity index is 752. The third-order valence-corrected chi connectivity index (χ3v) is 3.22. The Balaban J connectivity index is 1.81. The average molecular weight is 300 g/mol. The molecule has 3 rings (SSSR count). The summed E-state index contributed by atoms with van der Waals surface area (Å²) in [6, 6.07) is 8.55. The van der Waals surface area contributed by atoms with Gasteiger partial charge in [0, 0.05) is 0 Å². The maximum Gasteiger partial charge on any atom is 0.189 e. The topological polar surface area (TPSA) is 55.8 Å². The van der Waals surface area contributed by atoms with E-state index in [4.69, 9.17) is 9.47 Å². The number of phenols is 1. The molecule has 5 heteroatoms. The quantitative estimate of drug-likeness (QED) is 0.698. The number of aromatic hydroxyl groups is 1. The number of halogens is 1. The third kappa shape index (κ3) is 2.93. The van der Waals surface area contributed by atoms with Gasteiger partial charge in [-0.2, -0.15) is 0 Å². The van der Waals surface area contributed by atoms with E-state index < -0.39 is 11.6 Å². The Morgan fingerprint density at radius 1 is 1.09 bits per heavy atom. The molecule has 0 saturated heterocycles. The molecule has 1 aliphatic rings. The first-order valence-electron chi connectivity index (χ1n) is 6.74. The summed E-state index contributed by atoms with van der Waals surface area (Å²) in [6.07, 6.45) is 2.85. The molecule has 0 radical (unpaired) electrons. The molecule has 2 aromatic rings. The molecule has 0 saturated carbocycles. The second kappa shape index (κ2) is 5.89. The van der Waals surface area contributed by atoms with E-state index in [-0.39, 0.29) is 11.3 Å². The SMILES string of the molecule is O=C(C=Cc1ccc2c(c1)OCCO2)c1cc(F)ccc1O. The zero-order chi connectivity index (χ0) is 15.5. The Labute approximate surface area is 126 Å². The number of rotatable bonds is 3.